The molecule has 25 heavy (non-hydrogen) atoms. The molecular formula is C18H16F3N3O. The molecule has 3 aromatic rings. The van der Waals surface area contributed by atoms with Gasteiger partial charge in [-0.2, -0.15) is 13.2 Å². The molecule has 3 rings (SSSR count). The molecule has 7 heteroatoms. The molecule has 2 N–H and O–H groups in total. The van der Waals surface area contributed by atoms with E-state index in [-0.39, 0.29) is 5.56 Å². The van der Waals surface area contributed by atoms with Crippen molar-refractivity contribution in [2.45, 2.75) is 25.6 Å². The molecule has 1 amide bonds. The summed E-state index contributed by atoms with van der Waals surface area (Å²) in [5.41, 5.74) is 0.717. The Morgan fingerprint density at radius 1 is 1.20 bits per heavy atom. The average molecular weight is 347 g/mol. The fourth-order valence-corrected chi connectivity index (χ4v) is 2.58. The molecule has 0 fully saturated rings. The van der Waals surface area contributed by atoms with Crippen LogP contribution in [0.3, 0.4) is 0 Å². The molecule has 0 saturated carbocycles. The van der Waals surface area contributed by atoms with E-state index in [1.54, 1.807) is 0 Å². The molecule has 2 aromatic carbocycles. The highest BCUT2D eigenvalue weighted by molar-refractivity contribution is 5.94. The van der Waals surface area contributed by atoms with E-state index in [1.165, 1.54) is 12.1 Å². The second-order valence-electron chi connectivity index (χ2n) is 5.65. The first-order chi connectivity index (χ1) is 11.9. The Kier molecular flexibility index (Phi) is 4.48. The second kappa shape index (κ2) is 6.58. The summed E-state index contributed by atoms with van der Waals surface area (Å²) in [6.45, 7) is 1.87. The van der Waals surface area contributed by atoms with E-state index in [9.17, 15) is 18.0 Å². The minimum atomic E-state index is -4.49. The Bertz CT molecular complexity index is 869. The molecule has 0 aliphatic heterocycles. The van der Waals surface area contributed by atoms with Gasteiger partial charge in [-0.15, -0.1) is 0 Å². The van der Waals surface area contributed by atoms with E-state index in [0.29, 0.717) is 12.2 Å². The lowest BCUT2D eigenvalue weighted by Gasteiger charge is -2.15. The molecule has 130 valence electrons. The number of fused-ring (bicyclic) bond motifs is 1. The van der Waals surface area contributed by atoms with Gasteiger partial charge in [0.1, 0.15) is 5.82 Å². The number of carbonyl (C=O) groups excluding carboxylic acids is 1. The van der Waals surface area contributed by atoms with E-state index >= 15 is 0 Å². The fourth-order valence-electron chi connectivity index (χ4n) is 2.58. The summed E-state index contributed by atoms with van der Waals surface area (Å²) in [6.07, 6.45) is -3.94. The average Bonchev–Trinajstić information content (AvgIpc) is 3.02. The maximum Gasteiger partial charge on any atom is 0.416 e. The zero-order chi connectivity index (χ0) is 18.0. The maximum absolute atomic E-state index is 12.8. The van der Waals surface area contributed by atoms with Crippen molar-refractivity contribution < 1.29 is 18.0 Å². The number of aromatic amines is 1. The van der Waals surface area contributed by atoms with Crippen LogP contribution in [0.5, 0.6) is 0 Å². The lowest BCUT2D eigenvalue weighted by Crippen LogP contribution is -2.29. The lowest BCUT2D eigenvalue weighted by molar-refractivity contribution is -0.137. The highest BCUT2D eigenvalue weighted by Gasteiger charge is 2.31. The number of aromatic nitrogens is 2. The number of imidazole rings is 1. The van der Waals surface area contributed by atoms with E-state index in [0.717, 1.165) is 23.2 Å². The van der Waals surface area contributed by atoms with Gasteiger partial charge in [0.2, 0.25) is 0 Å². The first-order valence-corrected chi connectivity index (χ1v) is 7.81. The number of nitrogens with one attached hydrogen (secondary N) is 2. The molecule has 0 aliphatic rings. The summed E-state index contributed by atoms with van der Waals surface area (Å²) < 4.78 is 38.4. The van der Waals surface area contributed by atoms with Crippen LogP contribution < -0.4 is 5.32 Å². The molecule has 1 aromatic heterocycles. The van der Waals surface area contributed by atoms with Crippen LogP contribution in [0.4, 0.5) is 13.2 Å². The minimum Gasteiger partial charge on any atom is -0.342 e. The van der Waals surface area contributed by atoms with Crippen LogP contribution in [-0.4, -0.2) is 15.9 Å². The number of carbonyl (C=O) groups is 1. The van der Waals surface area contributed by atoms with Gasteiger partial charge in [-0.3, -0.25) is 4.79 Å². The molecule has 1 heterocycles. The zero-order valence-corrected chi connectivity index (χ0v) is 13.4. The number of nitrogens with zero attached hydrogens (tertiary/aromatic N) is 1. The Balaban J connectivity index is 1.83. The van der Waals surface area contributed by atoms with Gasteiger partial charge < -0.3 is 10.3 Å². The van der Waals surface area contributed by atoms with Crippen molar-refractivity contribution in [3.63, 3.8) is 0 Å². The zero-order valence-electron chi connectivity index (χ0n) is 13.4. The maximum atomic E-state index is 12.8. The third-order valence-electron chi connectivity index (χ3n) is 3.90. The van der Waals surface area contributed by atoms with Gasteiger partial charge in [0, 0.05) is 5.56 Å². The monoisotopic (exact) mass is 347 g/mol. The largest absolute Gasteiger partial charge is 0.416 e. The number of halogens is 3. The van der Waals surface area contributed by atoms with Crippen LogP contribution in [0.25, 0.3) is 11.0 Å². The summed E-state index contributed by atoms with van der Waals surface area (Å²) in [6, 6.07) is 11.4. The fraction of sp³-hybridized carbons (Fsp3) is 0.222. The third kappa shape index (κ3) is 3.65. The number of para-hydroxylation sites is 2. The smallest absolute Gasteiger partial charge is 0.342 e. The molecular weight excluding hydrogens is 331 g/mol. The lowest BCUT2D eigenvalue weighted by atomic mass is 10.1. The summed E-state index contributed by atoms with van der Waals surface area (Å²) in [4.78, 5) is 19.9. The summed E-state index contributed by atoms with van der Waals surface area (Å²) in [7, 11) is 0. The molecule has 0 aliphatic carbocycles. The Morgan fingerprint density at radius 3 is 2.64 bits per heavy atom. The van der Waals surface area contributed by atoms with Gasteiger partial charge in [-0.05, 0) is 36.8 Å². The molecule has 0 radical (unpaired) electrons. The van der Waals surface area contributed by atoms with Gasteiger partial charge in [0.05, 0.1) is 22.6 Å². The summed E-state index contributed by atoms with van der Waals surface area (Å²) >= 11 is 0. The van der Waals surface area contributed by atoms with E-state index in [1.807, 2.05) is 31.2 Å². The van der Waals surface area contributed by atoms with Gasteiger partial charge in [0.15, 0.2) is 0 Å². The van der Waals surface area contributed by atoms with E-state index < -0.39 is 23.7 Å². The van der Waals surface area contributed by atoms with Crippen LogP contribution in [0.15, 0.2) is 48.5 Å². The Hall–Kier alpha value is -2.83. The van der Waals surface area contributed by atoms with Crippen LogP contribution in [0.1, 0.15) is 41.1 Å². The molecule has 0 bridgehead atoms. The topological polar surface area (TPSA) is 57.8 Å². The number of rotatable bonds is 4. The number of benzene rings is 2. The molecule has 4 nitrogen and oxygen atoms in total. The predicted molar refractivity (Wildman–Crippen MR) is 88.0 cm³/mol. The first-order valence-electron chi connectivity index (χ1n) is 7.81. The van der Waals surface area contributed by atoms with Gasteiger partial charge >= 0.3 is 6.18 Å². The van der Waals surface area contributed by atoms with Crippen molar-refractivity contribution in [2.24, 2.45) is 0 Å². The number of H-pyrrole nitrogens is 1. The van der Waals surface area contributed by atoms with Crippen molar-refractivity contribution in [1.82, 2.24) is 15.3 Å². The molecule has 0 spiro atoms. The third-order valence-corrected chi connectivity index (χ3v) is 3.90. The highest BCUT2D eigenvalue weighted by Crippen LogP contribution is 2.29. The first kappa shape index (κ1) is 17.0. The van der Waals surface area contributed by atoms with Gasteiger partial charge in [-0.1, -0.05) is 25.1 Å². The van der Waals surface area contributed by atoms with Crippen molar-refractivity contribution in [3.8, 4) is 0 Å². The normalized spacial score (nSPS) is 13.0. The standard InChI is InChI=1S/C18H16F3N3O/c1-2-13(16-22-14-8-3-4-9-15(14)23-16)24-17(25)11-6-5-7-12(10-11)18(19,20)21/h3-10,13H,2H2,1H3,(H,22,23)(H,24,25). The quantitative estimate of drug-likeness (QED) is 0.732. The van der Waals surface area contributed by atoms with Crippen molar-refractivity contribution in [1.29, 1.82) is 0 Å². The summed E-state index contributed by atoms with van der Waals surface area (Å²) in [5, 5.41) is 2.74. The Labute approximate surface area is 142 Å². The van der Waals surface area contributed by atoms with E-state index in [4.69, 9.17) is 0 Å². The minimum absolute atomic E-state index is 0.0376. The van der Waals surface area contributed by atoms with Crippen LogP contribution in [-0.2, 0) is 6.18 Å². The van der Waals surface area contributed by atoms with Crippen molar-refractivity contribution >= 4 is 16.9 Å². The van der Waals surface area contributed by atoms with Crippen molar-refractivity contribution in [2.75, 3.05) is 0 Å². The van der Waals surface area contributed by atoms with Crippen molar-refractivity contribution in [3.05, 3.63) is 65.5 Å². The summed E-state index contributed by atoms with van der Waals surface area (Å²) in [5.74, 6) is 0.00225. The van der Waals surface area contributed by atoms with Crippen LogP contribution >= 0.6 is 0 Å². The van der Waals surface area contributed by atoms with Gasteiger partial charge in [0.25, 0.3) is 5.91 Å². The number of hydrogen-bond donors (Lipinski definition) is 2. The second-order valence-corrected chi connectivity index (χ2v) is 5.65. The van der Waals surface area contributed by atoms with Crippen LogP contribution in [0, 0.1) is 0 Å². The molecule has 1 unspecified atom stereocenters. The van der Waals surface area contributed by atoms with Gasteiger partial charge in [-0.25, -0.2) is 4.98 Å². The number of alkyl halides is 3. The predicted octanol–water partition coefficient (Wildman–Crippen LogP) is 4.46. The van der Waals surface area contributed by atoms with Crippen LogP contribution in [0.2, 0.25) is 0 Å². The highest BCUT2D eigenvalue weighted by atomic mass is 19.4. The SMILES string of the molecule is CCC(NC(=O)c1cccc(C(F)(F)F)c1)c1nc2ccccc2[nH]1. The van der Waals surface area contributed by atoms with E-state index in [2.05, 4.69) is 15.3 Å². The number of hydrogen-bond acceptors (Lipinski definition) is 2. The molecule has 1 atom stereocenters. The molecule has 0 saturated heterocycles. The number of amides is 1. The Morgan fingerprint density at radius 2 is 1.96 bits per heavy atom.